The van der Waals surface area contributed by atoms with Gasteiger partial charge in [-0.15, -0.1) is 0 Å². The number of hydrogen-bond donors (Lipinski definition) is 0. The Hall–Kier alpha value is -1.40. The summed E-state index contributed by atoms with van der Waals surface area (Å²) in [5.74, 6) is 0.610. The Bertz CT molecular complexity index is 813. The molecule has 4 rings (SSSR count). The van der Waals surface area contributed by atoms with Crippen LogP contribution in [0.25, 0.3) is 0 Å². The predicted molar refractivity (Wildman–Crippen MR) is 131 cm³/mol. The van der Waals surface area contributed by atoms with Gasteiger partial charge < -0.3 is 13.7 Å². The lowest BCUT2D eigenvalue weighted by atomic mass is 9.81. The van der Waals surface area contributed by atoms with Crippen molar-refractivity contribution in [2.24, 2.45) is 5.92 Å². The zero-order chi connectivity index (χ0) is 22.3. The minimum Gasteiger partial charge on any atom is -0.405 e. The van der Waals surface area contributed by atoms with Gasteiger partial charge in [-0.25, -0.2) is 0 Å². The van der Waals surface area contributed by atoms with Gasteiger partial charge in [-0.1, -0.05) is 74.5 Å². The third-order valence-electron chi connectivity index (χ3n) is 7.39. The van der Waals surface area contributed by atoms with E-state index >= 15 is 0 Å². The van der Waals surface area contributed by atoms with Gasteiger partial charge in [-0.3, -0.25) is 0 Å². The third-order valence-corrected chi connectivity index (χ3v) is 12.1. The molecule has 5 heteroatoms. The lowest BCUT2D eigenvalue weighted by Crippen LogP contribution is -2.62. The van der Waals surface area contributed by atoms with Crippen LogP contribution in [0.5, 0.6) is 0 Å². The summed E-state index contributed by atoms with van der Waals surface area (Å²) in [7, 11) is -2.66. The highest BCUT2D eigenvalue weighted by Crippen LogP contribution is 2.46. The van der Waals surface area contributed by atoms with E-state index in [1.807, 2.05) is 0 Å². The lowest BCUT2D eigenvalue weighted by Gasteiger charge is -2.34. The fourth-order valence-electron chi connectivity index (χ4n) is 5.26. The van der Waals surface area contributed by atoms with E-state index in [-0.39, 0.29) is 24.4 Å². The summed E-state index contributed by atoms with van der Waals surface area (Å²) in [5.41, 5.74) is -0.216. The SMILES string of the molecule is CC(C)C[C@@H]1C[C@@H](CB2OC(C)(C)C(C)(C)O2)[Si](c2ccccc2)(c2ccccc2)O1. The summed E-state index contributed by atoms with van der Waals surface area (Å²) in [5, 5.41) is 2.71. The summed E-state index contributed by atoms with van der Waals surface area (Å²) in [6.45, 7) is 13.1. The summed E-state index contributed by atoms with van der Waals surface area (Å²) in [6, 6.07) is 21.9. The third kappa shape index (κ3) is 4.30. The number of benzene rings is 2. The van der Waals surface area contributed by atoms with E-state index in [2.05, 4.69) is 102 Å². The molecule has 2 aliphatic heterocycles. The van der Waals surface area contributed by atoms with Crippen LogP contribution < -0.4 is 10.4 Å². The van der Waals surface area contributed by atoms with Crippen molar-refractivity contribution in [1.29, 1.82) is 0 Å². The van der Waals surface area contributed by atoms with Crippen molar-refractivity contribution in [2.75, 3.05) is 0 Å². The Labute approximate surface area is 189 Å². The molecule has 0 unspecified atom stereocenters. The molecule has 2 heterocycles. The van der Waals surface area contributed by atoms with Gasteiger partial charge in [0.05, 0.1) is 11.2 Å². The zero-order valence-corrected chi connectivity index (χ0v) is 20.9. The molecular formula is C26H37BO3Si. The van der Waals surface area contributed by atoms with Crippen LogP contribution in [0.1, 0.15) is 54.4 Å². The van der Waals surface area contributed by atoms with Gasteiger partial charge in [0.2, 0.25) is 0 Å². The maximum atomic E-state index is 7.19. The van der Waals surface area contributed by atoms with E-state index in [9.17, 15) is 0 Å². The standard InChI is InChI=1S/C26H37BO3Si/c1-20(2)17-21-18-24(19-27-29-25(3,4)26(5,6)30-27)31(28-21,22-13-9-7-10-14-22)23-15-11-8-12-16-23/h7-16,20-21,24H,17-19H2,1-6H3/t21-,24+/m1/s1. The predicted octanol–water partition coefficient (Wildman–Crippen LogP) is 5.04. The van der Waals surface area contributed by atoms with Gasteiger partial charge in [-0.05, 0) is 68.7 Å². The molecule has 0 aliphatic carbocycles. The monoisotopic (exact) mass is 436 g/mol. The van der Waals surface area contributed by atoms with Crippen LogP contribution in [0.3, 0.4) is 0 Å². The zero-order valence-electron chi connectivity index (χ0n) is 19.9. The minimum atomic E-state index is -2.46. The Morgan fingerprint density at radius 3 is 1.81 bits per heavy atom. The van der Waals surface area contributed by atoms with Crippen LogP contribution in [-0.4, -0.2) is 32.7 Å². The molecule has 3 nitrogen and oxygen atoms in total. The minimum absolute atomic E-state index is 0.198. The molecule has 2 aromatic carbocycles. The summed E-state index contributed by atoms with van der Waals surface area (Å²) < 4.78 is 20.1. The maximum absolute atomic E-state index is 7.19. The smallest absolute Gasteiger partial charge is 0.405 e. The Morgan fingerprint density at radius 2 is 1.35 bits per heavy atom. The fourth-order valence-corrected chi connectivity index (χ4v) is 10.2. The molecule has 2 saturated heterocycles. The molecule has 0 saturated carbocycles. The Kier molecular flexibility index (Phi) is 6.25. The van der Waals surface area contributed by atoms with Gasteiger partial charge in [0.15, 0.2) is 0 Å². The largest absolute Gasteiger partial charge is 0.457 e. The Balaban J connectivity index is 1.75. The molecule has 0 amide bonds. The molecular weight excluding hydrogens is 399 g/mol. The van der Waals surface area contributed by atoms with E-state index in [0.717, 1.165) is 19.2 Å². The van der Waals surface area contributed by atoms with Gasteiger partial charge >= 0.3 is 7.12 Å². The van der Waals surface area contributed by atoms with Crippen LogP contribution >= 0.6 is 0 Å². The van der Waals surface area contributed by atoms with Crippen molar-refractivity contribution < 1.29 is 13.7 Å². The summed E-state index contributed by atoms with van der Waals surface area (Å²) in [4.78, 5) is 0. The highest BCUT2D eigenvalue weighted by atomic mass is 28.4. The molecule has 0 aromatic heterocycles. The number of rotatable bonds is 6. The van der Waals surface area contributed by atoms with Crippen molar-refractivity contribution >= 4 is 25.8 Å². The molecule has 166 valence electrons. The lowest BCUT2D eigenvalue weighted by molar-refractivity contribution is 0.00578. The fraction of sp³-hybridized carbons (Fsp3) is 0.538. The van der Waals surface area contributed by atoms with E-state index in [0.29, 0.717) is 11.5 Å². The first kappa shape index (κ1) is 22.8. The summed E-state index contributed by atoms with van der Waals surface area (Å²) >= 11 is 0. The van der Waals surface area contributed by atoms with Crippen LogP contribution in [0, 0.1) is 5.92 Å². The molecule has 2 fully saturated rings. The van der Waals surface area contributed by atoms with E-state index in [1.54, 1.807) is 0 Å². The van der Waals surface area contributed by atoms with Crippen LogP contribution in [0.4, 0.5) is 0 Å². The van der Waals surface area contributed by atoms with Gasteiger partial charge in [0.1, 0.15) is 0 Å². The van der Waals surface area contributed by atoms with Crippen LogP contribution in [0.2, 0.25) is 11.9 Å². The first-order valence-corrected chi connectivity index (χ1v) is 13.8. The second-order valence-corrected chi connectivity index (χ2v) is 14.4. The van der Waals surface area contributed by atoms with E-state index in [1.165, 1.54) is 10.4 Å². The molecule has 2 aliphatic rings. The van der Waals surface area contributed by atoms with Crippen LogP contribution in [-0.2, 0) is 13.7 Å². The van der Waals surface area contributed by atoms with Gasteiger partial charge in [0, 0.05) is 6.10 Å². The highest BCUT2D eigenvalue weighted by molar-refractivity contribution is 6.99. The van der Waals surface area contributed by atoms with E-state index in [4.69, 9.17) is 13.7 Å². The van der Waals surface area contributed by atoms with E-state index < -0.39 is 8.32 Å². The molecule has 0 spiro atoms. The Morgan fingerprint density at radius 1 is 0.871 bits per heavy atom. The summed E-state index contributed by atoms with van der Waals surface area (Å²) in [6.07, 6.45) is 3.31. The average Bonchev–Trinajstić information content (AvgIpc) is 3.16. The molecule has 2 atom stereocenters. The van der Waals surface area contributed by atoms with Crippen molar-refractivity contribution in [3.63, 3.8) is 0 Å². The van der Waals surface area contributed by atoms with Crippen molar-refractivity contribution in [3.05, 3.63) is 60.7 Å². The second kappa shape index (κ2) is 8.51. The first-order chi connectivity index (χ1) is 14.6. The molecule has 0 bridgehead atoms. The topological polar surface area (TPSA) is 27.7 Å². The van der Waals surface area contributed by atoms with Gasteiger partial charge in [-0.2, -0.15) is 0 Å². The molecule has 31 heavy (non-hydrogen) atoms. The van der Waals surface area contributed by atoms with Crippen molar-refractivity contribution in [1.82, 2.24) is 0 Å². The van der Waals surface area contributed by atoms with Crippen molar-refractivity contribution in [2.45, 2.75) is 83.6 Å². The van der Waals surface area contributed by atoms with Gasteiger partial charge in [0.25, 0.3) is 8.32 Å². The average molecular weight is 436 g/mol. The molecule has 0 radical (unpaired) electrons. The normalized spacial score (nSPS) is 26.5. The van der Waals surface area contributed by atoms with Crippen molar-refractivity contribution in [3.8, 4) is 0 Å². The number of hydrogen-bond acceptors (Lipinski definition) is 3. The molecule has 0 N–H and O–H groups in total. The second-order valence-electron chi connectivity index (χ2n) is 10.7. The van der Waals surface area contributed by atoms with Crippen LogP contribution in [0.15, 0.2) is 60.7 Å². The first-order valence-electron chi connectivity index (χ1n) is 11.8. The molecule has 2 aromatic rings. The quantitative estimate of drug-likeness (QED) is 0.594. The highest BCUT2D eigenvalue weighted by Gasteiger charge is 2.58. The maximum Gasteiger partial charge on any atom is 0.457 e.